The SMILES string of the molecule is O=C(NCc1ccc(OCc2cccc(F)c2)cc1)[C@@H]1CCCCN1. The number of carbonyl (C=O) groups is 1. The highest BCUT2D eigenvalue weighted by Crippen LogP contribution is 2.15. The summed E-state index contributed by atoms with van der Waals surface area (Å²) in [4.78, 5) is 12.1. The minimum atomic E-state index is -0.264. The van der Waals surface area contributed by atoms with E-state index in [9.17, 15) is 9.18 Å². The van der Waals surface area contributed by atoms with Crippen molar-refractivity contribution in [3.63, 3.8) is 0 Å². The molecular formula is C20H23FN2O2. The van der Waals surface area contributed by atoms with Crippen LogP contribution in [0.3, 0.4) is 0 Å². The molecule has 132 valence electrons. The minimum Gasteiger partial charge on any atom is -0.489 e. The van der Waals surface area contributed by atoms with Crippen LogP contribution in [0.4, 0.5) is 4.39 Å². The lowest BCUT2D eigenvalue weighted by Gasteiger charge is -2.22. The minimum absolute atomic E-state index is 0.0612. The molecule has 2 aromatic carbocycles. The molecule has 1 aliphatic rings. The van der Waals surface area contributed by atoms with Crippen LogP contribution >= 0.6 is 0 Å². The number of carbonyl (C=O) groups excluding carboxylic acids is 1. The first-order valence-corrected chi connectivity index (χ1v) is 8.68. The van der Waals surface area contributed by atoms with Crippen LogP contribution in [0.1, 0.15) is 30.4 Å². The predicted molar refractivity (Wildman–Crippen MR) is 94.7 cm³/mol. The number of benzene rings is 2. The number of hydrogen-bond acceptors (Lipinski definition) is 3. The van der Waals surface area contributed by atoms with Crippen molar-refractivity contribution in [3.05, 3.63) is 65.5 Å². The zero-order valence-corrected chi connectivity index (χ0v) is 14.1. The molecule has 0 aliphatic carbocycles. The predicted octanol–water partition coefficient (Wildman–Crippen LogP) is 3.16. The average molecular weight is 342 g/mol. The summed E-state index contributed by atoms with van der Waals surface area (Å²) in [6, 6.07) is 13.9. The molecule has 25 heavy (non-hydrogen) atoms. The Morgan fingerprint density at radius 2 is 2.00 bits per heavy atom. The van der Waals surface area contributed by atoms with E-state index in [2.05, 4.69) is 10.6 Å². The van der Waals surface area contributed by atoms with Gasteiger partial charge in [0.25, 0.3) is 0 Å². The van der Waals surface area contributed by atoms with Gasteiger partial charge in [0.2, 0.25) is 5.91 Å². The first-order chi connectivity index (χ1) is 12.2. The molecule has 0 spiro atoms. The van der Waals surface area contributed by atoms with E-state index in [4.69, 9.17) is 4.74 Å². The van der Waals surface area contributed by atoms with E-state index < -0.39 is 0 Å². The maximum atomic E-state index is 13.1. The van der Waals surface area contributed by atoms with Crippen molar-refractivity contribution in [2.75, 3.05) is 6.54 Å². The van der Waals surface area contributed by atoms with Crippen molar-refractivity contribution >= 4 is 5.91 Å². The smallest absolute Gasteiger partial charge is 0.237 e. The number of ether oxygens (including phenoxy) is 1. The number of halogens is 1. The van der Waals surface area contributed by atoms with E-state index in [1.54, 1.807) is 6.07 Å². The van der Waals surface area contributed by atoms with E-state index in [0.29, 0.717) is 18.9 Å². The van der Waals surface area contributed by atoms with Crippen LogP contribution in [-0.2, 0) is 17.9 Å². The Bertz CT molecular complexity index is 697. The quantitative estimate of drug-likeness (QED) is 0.848. The van der Waals surface area contributed by atoms with Gasteiger partial charge in [0.05, 0.1) is 6.04 Å². The van der Waals surface area contributed by atoms with Gasteiger partial charge in [0, 0.05) is 6.54 Å². The van der Waals surface area contributed by atoms with Gasteiger partial charge in [-0.2, -0.15) is 0 Å². The second-order valence-electron chi connectivity index (χ2n) is 6.28. The van der Waals surface area contributed by atoms with Crippen molar-refractivity contribution in [2.45, 2.75) is 38.5 Å². The first kappa shape index (κ1) is 17.4. The maximum absolute atomic E-state index is 13.1. The lowest BCUT2D eigenvalue weighted by Crippen LogP contribution is -2.46. The van der Waals surface area contributed by atoms with Crippen LogP contribution < -0.4 is 15.4 Å². The van der Waals surface area contributed by atoms with Gasteiger partial charge >= 0.3 is 0 Å². The van der Waals surface area contributed by atoms with Gasteiger partial charge in [-0.25, -0.2) is 4.39 Å². The monoisotopic (exact) mass is 342 g/mol. The molecule has 0 saturated carbocycles. The highest BCUT2D eigenvalue weighted by atomic mass is 19.1. The molecule has 0 unspecified atom stereocenters. The third-order valence-electron chi connectivity index (χ3n) is 4.31. The van der Waals surface area contributed by atoms with E-state index >= 15 is 0 Å². The number of hydrogen-bond donors (Lipinski definition) is 2. The Hall–Kier alpha value is -2.40. The molecule has 4 nitrogen and oxygen atoms in total. The van der Waals surface area contributed by atoms with E-state index in [-0.39, 0.29) is 17.8 Å². The van der Waals surface area contributed by atoms with E-state index in [0.717, 1.165) is 36.9 Å². The molecule has 5 heteroatoms. The highest BCUT2D eigenvalue weighted by molar-refractivity contribution is 5.81. The Balaban J connectivity index is 1.46. The second-order valence-corrected chi connectivity index (χ2v) is 6.28. The average Bonchev–Trinajstić information content (AvgIpc) is 2.66. The lowest BCUT2D eigenvalue weighted by molar-refractivity contribution is -0.123. The summed E-state index contributed by atoms with van der Waals surface area (Å²) >= 11 is 0. The number of nitrogens with one attached hydrogen (secondary N) is 2. The summed E-state index contributed by atoms with van der Waals surface area (Å²) in [6.45, 7) is 1.73. The van der Waals surface area contributed by atoms with Gasteiger partial charge in [-0.1, -0.05) is 30.7 Å². The number of rotatable bonds is 6. The summed E-state index contributed by atoms with van der Waals surface area (Å²) < 4.78 is 18.8. The van der Waals surface area contributed by atoms with Crippen LogP contribution in [0.2, 0.25) is 0 Å². The number of amides is 1. The third-order valence-corrected chi connectivity index (χ3v) is 4.31. The Labute approximate surface area is 147 Å². The summed E-state index contributed by atoms with van der Waals surface area (Å²) in [7, 11) is 0. The van der Waals surface area contributed by atoms with Crippen molar-refractivity contribution in [2.24, 2.45) is 0 Å². The molecule has 1 fully saturated rings. The first-order valence-electron chi connectivity index (χ1n) is 8.68. The Kier molecular flexibility index (Phi) is 6.01. The fraction of sp³-hybridized carbons (Fsp3) is 0.350. The highest BCUT2D eigenvalue weighted by Gasteiger charge is 2.19. The van der Waals surface area contributed by atoms with E-state index in [1.807, 2.05) is 30.3 Å². The normalized spacial score (nSPS) is 17.1. The third kappa shape index (κ3) is 5.29. The standard InChI is InChI=1S/C20H23FN2O2/c21-17-5-3-4-16(12-17)14-25-18-9-7-15(8-10-18)13-23-20(24)19-6-1-2-11-22-19/h3-5,7-10,12,19,22H,1-2,6,11,13-14H2,(H,23,24)/t19-/m0/s1. The van der Waals surface area contributed by atoms with Gasteiger partial charge in [-0.05, 0) is 54.8 Å². The Morgan fingerprint density at radius 3 is 2.72 bits per heavy atom. The summed E-state index contributed by atoms with van der Waals surface area (Å²) in [5, 5.41) is 6.21. The molecule has 0 radical (unpaired) electrons. The van der Waals surface area contributed by atoms with Crippen molar-refractivity contribution in [3.8, 4) is 5.75 Å². The van der Waals surface area contributed by atoms with E-state index in [1.165, 1.54) is 12.1 Å². The van der Waals surface area contributed by atoms with Crippen LogP contribution in [-0.4, -0.2) is 18.5 Å². The molecule has 1 aliphatic heterocycles. The zero-order valence-electron chi connectivity index (χ0n) is 14.1. The summed E-state index contributed by atoms with van der Waals surface area (Å²) in [5.74, 6) is 0.513. The topological polar surface area (TPSA) is 50.4 Å². The zero-order chi connectivity index (χ0) is 17.5. The second kappa shape index (κ2) is 8.62. The van der Waals surface area contributed by atoms with Gasteiger partial charge in [-0.15, -0.1) is 0 Å². The summed E-state index contributed by atoms with van der Waals surface area (Å²) in [5.41, 5.74) is 1.80. The maximum Gasteiger partial charge on any atom is 0.237 e. The van der Waals surface area contributed by atoms with Gasteiger partial charge in [-0.3, -0.25) is 4.79 Å². The van der Waals surface area contributed by atoms with Crippen molar-refractivity contribution < 1.29 is 13.9 Å². The van der Waals surface area contributed by atoms with Crippen LogP contribution in [0.15, 0.2) is 48.5 Å². The molecule has 0 aromatic heterocycles. The molecule has 1 amide bonds. The lowest BCUT2D eigenvalue weighted by atomic mass is 10.0. The molecule has 1 heterocycles. The van der Waals surface area contributed by atoms with Gasteiger partial charge in [0.1, 0.15) is 18.2 Å². The fourth-order valence-electron chi connectivity index (χ4n) is 2.88. The molecule has 3 rings (SSSR count). The van der Waals surface area contributed by atoms with Crippen LogP contribution in [0.25, 0.3) is 0 Å². The molecular weight excluding hydrogens is 319 g/mol. The van der Waals surface area contributed by atoms with Crippen LogP contribution in [0, 0.1) is 5.82 Å². The van der Waals surface area contributed by atoms with Crippen LogP contribution in [0.5, 0.6) is 5.75 Å². The Morgan fingerprint density at radius 1 is 1.16 bits per heavy atom. The van der Waals surface area contributed by atoms with Gasteiger partial charge < -0.3 is 15.4 Å². The molecule has 1 atom stereocenters. The molecule has 2 N–H and O–H groups in total. The molecule has 1 saturated heterocycles. The van der Waals surface area contributed by atoms with Gasteiger partial charge in [0.15, 0.2) is 0 Å². The largest absolute Gasteiger partial charge is 0.489 e. The fourth-order valence-corrected chi connectivity index (χ4v) is 2.88. The number of piperidine rings is 1. The summed E-state index contributed by atoms with van der Waals surface area (Å²) in [6.07, 6.45) is 3.14. The van der Waals surface area contributed by atoms with Crippen molar-refractivity contribution in [1.29, 1.82) is 0 Å². The molecule has 0 bridgehead atoms. The molecule has 2 aromatic rings. The van der Waals surface area contributed by atoms with Crippen molar-refractivity contribution in [1.82, 2.24) is 10.6 Å².